The third kappa shape index (κ3) is 4.14. The molecule has 0 aliphatic heterocycles. The lowest BCUT2D eigenvalue weighted by atomic mass is 10.0. The van der Waals surface area contributed by atoms with Crippen molar-refractivity contribution in [2.45, 2.75) is 39.3 Å². The first-order valence-corrected chi connectivity index (χ1v) is 8.10. The summed E-state index contributed by atoms with van der Waals surface area (Å²) in [5.74, 6) is -0.228. The molecule has 2 aromatic carbocycles. The summed E-state index contributed by atoms with van der Waals surface area (Å²) in [4.78, 5) is 0. The molecule has 0 amide bonds. The molecule has 3 heteroatoms. The van der Waals surface area contributed by atoms with E-state index in [2.05, 4.69) is 66.3 Å². The van der Waals surface area contributed by atoms with Crippen molar-refractivity contribution in [1.29, 1.82) is 0 Å². The van der Waals surface area contributed by atoms with Crippen LogP contribution in [0, 0.1) is 5.82 Å². The molecule has 2 aromatic rings. The van der Waals surface area contributed by atoms with E-state index >= 15 is 0 Å². The van der Waals surface area contributed by atoms with Crippen LogP contribution in [-0.4, -0.2) is 0 Å². The average Bonchev–Trinajstić information content (AvgIpc) is 2.50. The monoisotopic (exact) mass is 349 g/mol. The van der Waals surface area contributed by atoms with Crippen LogP contribution in [0.25, 0.3) is 0 Å². The maximum absolute atomic E-state index is 13.3. The lowest BCUT2D eigenvalue weighted by molar-refractivity contribution is 0.493. The van der Waals surface area contributed by atoms with Gasteiger partial charge in [0, 0.05) is 12.1 Å². The summed E-state index contributed by atoms with van der Waals surface area (Å²) >= 11 is 3.24. The summed E-state index contributed by atoms with van der Waals surface area (Å²) in [6.45, 7) is 6.40. The Balaban J connectivity index is 2.06. The van der Waals surface area contributed by atoms with Gasteiger partial charge >= 0.3 is 0 Å². The van der Waals surface area contributed by atoms with Crippen molar-refractivity contribution < 1.29 is 4.39 Å². The van der Waals surface area contributed by atoms with Crippen molar-refractivity contribution in [2.75, 3.05) is 0 Å². The van der Waals surface area contributed by atoms with Gasteiger partial charge in [-0.15, -0.1) is 0 Å². The summed E-state index contributed by atoms with van der Waals surface area (Å²) < 4.78 is 13.8. The fourth-order valence-electron chi connectivity index (χ4n) is 2.39. The van der Waals surface area contributed by atoms with Crippen molar-refractivity contribution in [1.82, 2.24) is 5.32 Å². The molecule has 0 saturated heterocycles. The van der Waals surface area contributed by atoms with Crippen LogP contribution in [0.2, 0.25) is 0 Å². The van der Waals surface area contributed by atoms with Gasteiger partial charge in [-0.1, -0.05) is 37.3 Å². The first kappa shape index (κ1) is 16.2. The molecule has 0 saturated carbocycles. The van der Waals surface area contributed by atoms with Crippen LogP contribution >= 0.6 is 15.9 Å². The van der Waals surface area contributed by atoms with E-state index in [0.717, 1.165) is 12.0 Å². The number of hydrogen-bond acceptors (Lipinski definition) is 1. The van der Waals surface area contributed by atoms with Crippen LogP contribution in [0.3, 0.4) is 0 Å². The Hall–Kier alpha value is -1.19. The molecule has 1 nitrogen and oxygen atoms in total. The maximum atomic E-state index is 13.3. The van der Waals surface area contributed by atoms with Crippen molar-refractivity contribution >= 4 is 15.9 Å². The highest BCUT2D eigenvalue weighted by atomic mass is 79.9. The van der Waals surface area contributed by atoms with Gasteiger partial charge in [-0.25, -0.2) is 4.39 Å². The zero-order valence-corrected chi connectivity index (χ0v) is 14.2. The van der Waals surface area contributed by atoms with E-state index in [-0.39, 0.29) is 17.9 Å². The first-order valence-electron chi connectivity index (χ1n) is 7.31. The van der Waals surface area contributed by atoms with Crippen LogP contribution in [-0.2, 0) is 6.42 Å². The molecule has 0 heterocycles. The van der Waals surface area contributed by atoms with Crippen LogP contribution < -0.4 is 5.32 Å². The number of aryl methyl sites for hydroxylation is 1. The Labute approximate surface area is 134 Å². The molecule has 21 heavy (non-hydrogen) atoms. The number of hydrogen-bond donors (Lipinski definition) is 1. The molecule has 112 valence electrons. The highest BCUT2D eigenvalue weighted by molar-refractivity contribution is 9.10. The number of rotatable bonds is 5. The van der Waals surface area contributed by atoms with Gasteiger partial charge in [0.1, 0.15) is 5.82 Å². The Kier molecular flexibility index (Phi) is 5.54. The Morgan fingerprint density at radius 2 is 1.57 bits per heavy atom. The minimum absolute atomic E-state index is 0.155. The van der Waals surface area contributed by atoms with E-state index in [4.69, 9.17) is 0 Å². The van der Waals surface area contributed by atoms with Crippen molar-refractivity contribution in [3.63, 3.8) is 0 Å². The van der Waals surface area contributed by atoms with Crippen LogP contribution in [0.4, 0.5) is 4.39 Å². The van der Waals surface area contributed by atoms with Gasteiger partial charge in [-0.05, 0) is 65.0 Å². The Morgan fingerprint density at radius 3 is 2.14 bits per heavy atom. The predicted molar refractivity (Wildman–Crippen MR) is 89.9 cm³/mol. The molecule has 2 atom stereocenters. The third-order valence-electron chi connectivity index (χ3n) is 3.83. The standard InChI is InChI=1S/C18H21BrFN/c1-4-14-5-7-15(8-6-14)12(2)21-13(3)16-9-10-18(20)17(19)11-16/h5-13,21H,4H2,1-3H3. The molecule has 0 aliphatic rings. The summed E-state index contributed by atoms with van der Waals surface area (Å²) in [7, 11) is 0. The average molecular weight is 350 g/mol. The summed E-state index contributed by atoms with van der Waals surface area (Å²) in [5.41, 5.74) is 3.68. The second-order valence-electron chi connectivity index (χ2n) is 5.38. The first-order chi connectivity index (χ1) is 10.0. The minimum atomic E-state index is -0.228. The molecule has 0 spiro atoms. The number of benzene rings is 2. The van der Waals surface area contributed by atoms with Gasteiger partial charge in [-0.2, -0.15) is 0 Å². The SMILES string of the molecule is CCc1ccc(C(C)NC(C)c2ccc(F)c(Br)c2)cc1. The van der Waals surface area contributed by atoms with E-state index in [1.165, 1.54) is 17.2 Å². The second kappa shape index (κ2) is 7.19. The Bertz CT molecular complexity index is 595. The summed E-state index contributed by atoms with van der Waals surface area (Å²) in [6, 6.07) is 14.2. The zero-order chi connectivity index (χ0) is 15.4. The maximum Gasteiger partial charge on any atom is 0.137 e. The second-order valence-corrected chi connectivity index (χ2v) is 6.23. The zero-order valence-electron chi connectivity index (χ0n) is 12.7. The highest BCUT2D eigenvalue weighted by Crippen LogP contribution is 2.24. The molecule has 0 aliphatic carbocycles. The minimum Gasteiger partial charge on any atom is -0.304 e. The lowest BCUT2D eigenvalue weighted by Gasteiger charge is -2.21. The number of halogens is 2. The van der Waals surface area contributed by atoms with Crippen molar-refractivity contribution in [3.05, 3.63) is 69.4 Å². The van der Waals surface area contributed by atoms with Gasteiger partial charge in [0.25, 0.3) is 0 Å². The quantitative estimate of drug-likeness (QED) is 0.744. The third-order valence-corrected chi connectivity index (χ3v) is 4.44. The molecule has 0 fully saturated rings. The summed E-state index contributed by atoms with van der Waals surface area (Å²) in [5, 5.41) is 3.55. The normalized spacial score (nSPS) is 14.0. The predicted octanol–water partition coefficient (Wildman–Crippen LogP) is 5.56. The highest BCUT2D eigenvalue weighted by Gasteiger charge is 2.12. The van der Waals surface area contributed by atoms with Crippen LogP contribution in [0.5, 0.6) is 0 Å². The van der Waals surface area contributed by atoms with Crippen molar-refractivity contribution in [2.24, 2.45) is 0 Å². The van der Waals surface area contributed by atoms with E-state index in [1.807, 2.05) is 12.1 Å². The molecule has 1 N–H and O–H groups in total. The van der Waals surface area contributed by atoms with Gasteiger partial charge in [-0.3, -0.25) is 0 Å². The van der Waals surface area contributed by atoms with Crippen molar-refractivity contribution in [3.8, 4) is 0 Å². The fourth-order valence-corrected chi connectivity index (χ4v) is 2.79. The molecule has 0 aromatic heterocycles. The van der Waals surface area contributed by atoms with E-state index in [9.17, 15) is 4.39 Å². The van der Waals surface area contributed by atoms with Gasteiger partial charge in [0.15, 0.2) is 0 Å². The molecule has 0 bridgehead atoms. The van der Waals surface area contributed by atoms with Gasteiger partial charge in [0.05, 0.1) is 4.47 Å². The van der Waals surface area contributed by atoms with Crippen LogP contribution in [0.15, 0.2) is 46.9 Å². The van der Waals surface area contributed by atoms with E-state index in [1.54, 1.807) is 0 Å². The smallest absolute Gasteiger partial charge is 0.137 e. The Morgan fingerprint density at radius 1 is 1.00 bits per heavy atom. The number of nitrogens with one attached hydrogen (secondary N) is 1. The van der Waals surface area contributed by atoms with Crippen LogP contribution in [0.1, 0.15) is 49.5 Å². The topological polar surface area (TPSA) is 12.0 Å². The van der Waals surface area contributed by atoms with E-state index in [0.29, 0.717) is 4.47 Å². The molecule has 2 rings (SSSR count). The summed E-state index contributed by atoms with van der Waals surface area (Å²) in [6.07, 6.45) is 1.06. The largest absolute Gasteiger partial charge is 0.304 e. The van der Waals surface area contributed by atoms with Gasteiger partial charge in [0.2, 0.25) is 0 Å². The van der Waals surface area contributed by atoms with E-state index < -0.39 is 0 Å². The van der Waals surface area contributed by atoms with Gasteiger partial charge < -0.3 is 5.32 Å². The molecule has 2 unspecified atom stereocenters. The molecular weight excluding hydrogens is 329 g/mol. The fraction of sp³-hybridized carbons (Fsp3) is 0.333. The lowest BCUT2D eigenvalue weighted by Crippen LogP contribution is -2.22. The molecular formula is C18H21BrFN. The molecule has 0 radical (unpaired) electrons.